The first-order valence-corrected chi connectivity index (χ1v) is 8.16. The summed E-state index contributed by atoms with van der Waals surface area (Å²) in [7, 11) is 0. The summed E-state index contributed by atoms with van der Waals surface area (Å²) >= 11 is 0. The summed E-state index contributed by atoms with van der Waals surface area (Å²) in [6.45, 7) is 2.27. The Labute approximate surface area is 123 Å². The van der Waals surface area contributed by atoms with Gasteiger partial charge in [-0.25, -0.2) is 0 Å². The molecule has 1 nitrogen and oxygen atoms in total. The zero-order valence-corrected chi connectivity index (χ0v) is 12.7. The summed E-state index contributed by atoms with van der Waals surface area (Å²) in [5.74, 6) is 0. The van der Waals surface area contributed by atoms with Crippen LogP contribution in [0.1, 0.15) is 63.9 Å². The van der Waals surface area contributed by atoms with Crippen LogP contribution in [0, 0.1) is 6.07 Å². The molecule has 2 aromatic rings. The average molecular weight is 268 g/mol. The van der Waals surface area contributed by atoms with E-state index in [9.17, 15) is 0 Å². The van der Waals surface area contributed by atoms with Gasteiger partial charge in [0, 0.05) is 17.6 Å². The number of benzene rings is 1. The van der Waals surface area contributed by atoms with Crippen LogP contribution in [0.2, 0.25) is 0 Å². The first kappa shape index (κ1) is 15.0. The molecule has 1 aromatic heterocycles. The minimum Gasteiger partial charge on any atom is -0.256 e. The minimum absolute atomic E-state index is 1.10. The van der Waals surface area contributed by atoms with Gasteiger partial charge in [0.1, 0.15) is 0 Å². The highest BCUT2D eigenvalue weighted by molar-refractivity contribution is 5.81. The Morgan fingerprint density at radius 3 is 2.40 bits per heavy atom. The molecule has 20 heavy (non-hydrogen) atoms. The first-order chi connectivity index (χ1) is 9.92. The first-order valence-electron chi connectivity index (χ1n) is 8.16. The number of aromatic nitrogens is 1. The van der Waals surface area contributed by atoms with E-state index in [1.165, 1.54) is 62.3 Å². The third-order valence-corrected chi connectivity index (χ3v) is 3.95. The molecule has 0 spiro atoms. The number of para-hydroxylation sites is 1. The zero-order chi connectivity index (χ0) is 14.0. The van der Waals surface area contributed by atoms with E-state index in [1.807, 2.05) is 6.20 Å². The van der Waals surface area contributed by atoms with Gasteiger partial charge in [-0.3, -0.25) is 4.98 Å². The second-order valence-electron chi connectivity index (χ2n) is 5.62. The van der Waals surface area contributed by atoms with Crippen LogP contribution in [0.15, 0.2) is 30.5 Å². The maximum atomic E-state index is 4.37. The molecule has 0 aliphatic rings. The molecule has 0 bridgehead atoms. The predicted octanol–water partition coefficient (Wildman–Crippen LogP) is 5.72. The third kappa shape index (κ3) is 4.63. The number of pyridine rings is 1. The Morgan fingerprint density at radius 1 is 0.900 bits per heavy atom. The highest BCUT2D eigenvalue weighted by atomic mass is 14.6. The van der Waals surface area contributed by atoms with Crippen LogP contribution >= 0.6 is 0 Å². The molecule has 0 atom stereocenters. The maximum absolute atomic E-state index is 4.37. The van der Waals surface area contributed by atoms with Crippen LogP contribution in [0.4, 0.5) is 0 Å². The zero-order valence-electron chi connectivity index (χ0n) is 12.7. The molecule has 107 valence electrons. The van der Waals surface area contributed by atoms with E-state index in [2.05, 4.69) is 42.2 Å². The Hall–Kier alpha value is -1.37. The van der Waals surface area contributed by atoms with E-state index in [4.69, 9.17) is 0 Å². The molecular weight excluding hydrogens is 242 g/mol. The quantitative estimate of drug-likeness (QED) is 0.530. The monoisotopic (exact) mass is 268 g/mol. The van der Waals surface area contributed by atoms with Gasteiger partial charge < -0.3 is 0 Å². The van der Waals surface area contributed by atoms with E-state index < -0.39 is 0 Å². The number of aryl methyl sites for hydroxylation is 1. The number of fused-ring (bicyclic) bond motifs is 1. The molecule has 2 rings (SSSR count). The molecule has 0 aliphatic heterocycles. The Balaban J connectivity index is 1.71. The van der Waals surface area contributed by atoms with Crippen LogP contribution in [0.5, 0.6) is 0 Å². The number of hydrogen-bond acceptors (Lipinski definition) is 1. The van der Waals surface area contributed by atoms with Crippen LogP contribution < -0.4 is 0 Å². The summed E-state index contributed by atoms with van der Waals surface area (Å²) < 4.78 is 0. The van der Waals surface area contributed by atoms with Gasteiger partial charge in [0.05, 0.1) is 5.52 Å². The molecule has 0 N–H and O–H groups in total. The van der Waals surface area contributed by atoms with Crippen LogP contribution in [-0.4, -0.2) is 4.98 Å². The molecule has 1 radical (unpaired) electrons. The van der Waals surface area contributed by atoms with Gasteiger partial charge >= 0.3 is 0 Å². The van der Waals surface area contributed by atoms with Gasteiger partial charge in [0.25, 0.3) is 0 Å². The number of unbranched alkanes of at least 4 members (excludes halogenated alkanes) is 7. The average Bonchev–Trinajstić information content (AvgIpc) is 2.50. The van der Waals surface area contributed by atoms with E-state index in [-0.39, 0.29) is 0 Å². The number of hydrogen-bond donors (Lipinski definition) is 0. The van der Waals surface area contributed by atoms with Crippen molar-refractivity contribution in [1.29, 1.82) is 0 Å². The summed E-state index contributed by atoms with van der Waals surface area (Å²) in [6, 6.07) is 11.7. The van der Waals surface area contributed by atoms with E-state index in [0.717, 1.165) is 11.9 Å². The lowest BCUT2D eigenvalue weighted by molar-refractivity contribution is 0.576. The smallest absolute Gasteiger partial charge is 0.0705 e. The van der Waals surface area contributed by atoms with Crippen molar-refractivity contribution in [2.24, 2.45) is 0 Å². The molecule has 0 unspecified atom stereocenters. The molecule has 0 amide bonds. The second-order valence-corrected chi connectivity index (χ2v) is 5.62. The highest BCUT2D eigenvalue weighted by Gasteiger charge is 2.01. The van der Waals surface area contributed by atoms with E-state index in [0.29, 0.717) is 0 Å². The van der Waals surface area contributed by atoms with Gasteiger partial charge in [-0.2, -0.15) is 0 Å². The SMILES string of the molecule is CCCCCCCCCCc1[c]cnc2ccccc12. The van der Waals surface area contributed by atoms with Gasteiger partial charge in [-0.05, 0) is 24.5 Å². The van der Waals surface area contributed by atoms with Crippen molar-refractivity contribution in [2.75, 3.05) is 0 Å². The molecule has 0 saturated carbocycles. The fourth-order valence-electron chi connectivity index (χ4n) is 2.74. The molecule has 0 aliphatic carbocycles. The van der Waals surface area contributed by atoms with Crippen LogP contribution in [0.25, 0.3) is 10.9 Å². The van der Waals surface area contributed by atoms with Crippen LogP contribution in [0.3, 0.4) is 0 Å². The Bertz CT molecular complexity index is 499. The number of rotatable bonds is 9. The fourth-order valence-corrected chi connectivity index (χ4v) is 2.74. The summed E-state index contributed by atoms with van der Waals surface area (Å²) in [4.78, 5) is 4.37. The lowest BCUT2D eigenvalue weighted by Crippen LogP contribution is -1.90. The molecule has 0 fully saturated rings. The van der Waals surface area contributed by atoms with E-state index >= 15 is 0 Å². The maximum Gasteiger partial charge on any atom is 0.0705 e. The largest absolute Gasteiger partial charge is 0.256 e. The van der Waals surface area contributed by atoms with Gasteiger partial charge in [-0.1, -0.05) is 70.1 Å². The lowest BCUT2D eigenvalue weighted by atomic mass is 10.0. The third-order valence-electron chi connectivity index (χ3n) is 3.95. The van der Waals surface area contributed by atoms with E-state index in [1.54, 1.807) is 0 Å². The predicted molar refractivity (Wildman–Crippen MR) is 86.9 cm³/mol. The second kappa shape index (κ2) is 8.73. The molecule has 1 aromatic carbocycles. The van der Waals surface area contributed by atoms with Crippen molar-refractivity contribution in [3.05, 3.63) is 42.1 Å². The molecule has 1 heteroatoms. The molecule has 1 heterocycles. The Kier molecular flexibility index (Phi) is 6.56. The van der Waals surface area contributed by atoms with Gasteiger partial charge in [-0.15, -0.1) is 0 Å². The standard InChI is InChI=1S/C19H26N/c1-2-3-4-5-6-7-8-9-12-17-15-16-20-19-14-11-10-13-18(17)19/h10-11,13-14,16H,2-9,12H2,1H3. The minimum atomic E-state index is 1.10. The molecule has 0 saturated heterocycles. The Morgan fingerprint density at radius 2 is 1.60 bits per heavy atom. The molecular formula is C19H26N. The van der Waals surface area contributed by atoms with Crippen molar-refractivity contribution in [3.8, 4) is 0 Å². The van der Waals surface area contributed by atoms with Crippen molar-refractivity contribution < 1.29 is 0 Å². The van der Waals surface area contributed by atoms with Crippen molar-refractivity contribution in [2.45, 2.75) is 64.7 Å². The summed E-state index contributed by atoms with van der Waals surface area (Å²) in [5, 5.41) is 1.28. The van der Waals surface area contributed by atoms with Gasteiger partial charge in [0.15, 0.2) is 0 Å². The summed E-state index contributed by atoms with van der Waals surface area (Å²) in [6.07, 6.45) is 13.9. The lowest BCUT2D eigenvalue weighted by Gasteiger charge is -2.05. The fraction of sp³-hybridized carbons (Fsp3) is 0.526. The van der Waals surface area contributed by atoms with Crippen molar-refractivity contribution >= 4 is 10.9 Å². The highest BCUT2D eigenvalue weighted by Crippen LogP contribution is 2.18. The van der Waals surface area contributed by atoms with Crippen molar-refractivity contribution in [1.82, 2.24) is 4.98 Å². The number of nitrogens with zero attached hydrogens (tertiary/aromatic N) is 1. The normalized spacial score (nSPS) is 11.1. The van der Waals surface area contributed by atoms with Crippen molar-refractivity contribution in [3.63, 3.8) is 0 Å². The van der Waals surface area contributed by atoms with Crippen LogP contribution in [-0.2, 0) is 6.42 Å². The summed E-state index contributed by atoms with van der Waals surface area (Å²) in [5.41, 5.74) is 2.43. The topological polar surface area (TPSA) is 12.9 Å². The van der Waals surface area contributed by atoms with Gasteiger partial charge in [0.2, 0.25) is 0 Å².